The van der Waals surface area contributed by atoms with Crippen LogP contribution in [0.5, 0.6) is 0 Å². The molecule has 0 saturated carbocycles. The first kappa shape index (κ1) is 20.1. The van der Waals surface area contributed by atoms with Gasteiger partial charge in [-0.25, -0.2) is 4.68 Å². The maximum absolute atomic E-state index is 12.4. The van der Waals surface area contributed by atoms with E-state index in [0.717, 1.165) is 29.7 Å². The van der Waals surface area contributed by atoms with Crippen molar-refractivity contribution in [2.45, 2.75) is 6.92 Å². The highest BCUT2D eigenvalue weighted by molar-refractivity contribution is 5.93. The molecule has 0 spiro atoms. The van der Waals surface area contributed by atoms with Gasteiger partial charge in [0.1, 0.15) is 0 Å². The predicted octanol–water partition coefficient (Wildman–Crippen LogP) is 1.92. The summed E-state index contributed by atoms with van der Waals surface area (Å²) in [5.41, 5.74) is 2.72. The van der Waals surface area contributed by atoms with E-state index in [1.807, 2.05) is 37.3 Å². The summed E-state index contributed by atoms with van der Waals surface area (Å²) in [5, 5.41) is 15.4. The third-order valence-electron chi connectivity index (χ3n) is 4.37. The van der Waals surface area contributed by atoms with E-state index >= 15 is 0 Å². The molecule has 1 saturated heterocycles. The molecule has 1 amide bonds. The molecule has 9 heteroatoms. The minimum atomic E-state index is -0.182. The molecule has 1 fully saturated rings. The van der Waals surface area contributed by atoms with Gasteiger partial charge in [0.25, 0.3) is 5.91 Å². The zero-order valence-electron chi connectivity index (χ0n) is 14.2. The second-order valence-electron chi connectivity index (χ2n) is 6.02. The van der Waals surface area contributed by atoms with Crippen molar-refractivity contribution in [2.75, 3.05) is 19.6 Å². The molecule has 3 aromatic rings. The molecule has 26 heavy (non-hydrogen) atoms. The lowest BCUT2D eigenvalue weighted by Crippen LogP contribution is -2.48. The van der Waals surface area contributed by atoms with Gasteiger partial charge < -0.3 is 10.6 Å². The van der Waals surface area contributed by atoms with Crippen molar-refractivity contribution in [3.05, 3.63) is 47.9 Å². The molecular weight excluding hydrogens is 375 g/mol. The van der Waals surface area contributed by atoms with Gasteiger partial charge in [0.15, 0.2) is 5.69 Å². The van der Waals surface area contributed by atoms with Crippen LogP contribution < -0.4 is 10.6 Å². The SMILES string of the molecule is Cc1c(C(=O)NCC2CNC2)nnn1-c1cccc2cccnc12.Cl.Cl. The number of fused-ring (bicyclic) bond motifs is 1. The summed E-state index contributed by atoms with van der Waals surface area (Å²) in [4.78, 5) is 16.8. The summed E-state index contributed by atoms with van der Waals surface area (Å²) in [7, 11) is 0. The highest BCUT2D eigenvalue weighted by Crippen LogP contribution is 2.21. The molecule has 138 valence electrons. The van der Waals surface area contributed by atoms with Crippen molar-refractivity contribution in [2.24, 2.45) is 5.92 Å². The number of benzene rings is 1. The molecule has 4 rings (SSSR count). The fourth-order valence-corrected chi connectivity index (χ4v) is 2.84. The second-order valence-corrected chi connectivity index (χ2v) is 6.02. The Labute approximate surface area is 163 Å². The van der Waals surface area contributed by atoms with Gasteiger partial charge in [-0.1, -0.05) is 23.4 Å². The molecule has 0 atom stereocenters. The molecule has 3 heterocycles. The largest absolute Gasteiger partial charge is 0.350 e. The summed E-state index contributed by atoms with van der Waals surface area (Å²) in [5.74, 6) is 0.324. The Kier molecular flexibility index (Phi) is 6.52. The van der Waals surface area contributed by atoms with Crippen molar-refractivity contribution in [1.82, 2.24) is 30.6 Å². The molecule has 1 aliphatic heterocycles. The van der Waals surface area contributed by atoms with Gasteiger partial charge in [-0.15, -0.1) is 29.9 Å². The average Bonchev–Trinajstić information content (AvgIpc) is 2.94. The first-order chi connectivity index (χ1) is 11.7. The van der Waals surface area contributed by atoms with E-state index in [-0.39, 0.29) is 30.7 Å². The number of hydrogen-bond donors (Lipinski definition) is 2. The monoisotopic (exact) mass is 394 g/mol. The lowest BCUT2D eigenvalue weighted by molar-refractivity contribution is 0.0936. The van der Waals surface area contributed by atoms with Crippen LogP contribution in [0.25, 0.3) is 16.6 Å². The number of aromatic nitrogens is 4. The van der Waals surface area contributed by atoms with E-state index < -0.39 is 0 Å². The maximum atomic E-state index is 12.4. The van der Waals surface area contributed by atoms with Crippen LogP contribution >= 0.6 is 24.8 Å². The topological polar surface area (TPSA) is 84.7 Å². The molecule has 1 aromatic carbocycles. The van der Waals surface area contributed by atoms with Gasteiger partial charge in [0, 0.05) is 37.1 Å². The standard InChI is InChI=1S/C17H18N6O.2ClH/c1-11-15(17(24)20-10-12-8-18-9-12)21-22-23(11)14-6-2-4-13-5-3-7-19-16(13)14;;/h2-7,12,18H,8-10H2,1H3,(H,20,24);2*1H. The minimum Gasteiger partial charge on any atom is -0.350 e. The number of halogens is 2. The summed E-state index contributed by atoms with van der Waals surface area (Å²) in [6.45, 7) is 4.41. The van der Waals surface area contributed by atoms with Crippen LogP contribution in [0, 0.1) is 12.8 Å². The van der Waals surface area contributed by atoms with Crippen molar-refractivity contribution < 1.29 is 4.79 Å². The maximum Gasteiger partial charge on any atom is 0.273 e. The number of hydrogen-bond acceptors (Lipinski definition) is 5. The number of para-hydroxylation sites is 1. The van der Waals surface area contributed by atoms with Gasteiger partial charge in [-0.3, -0.25) is 9.78 Å². The fourth-order valence-electron chi connectivity index (χ4n) is 2.84. The number of pyridine rings is 1. The van der Waals surface area contributed by atoms with Crippen LogP contribution in [-0.4, -0.2) is 45.5 Å². The highest BCUT2D eigenvalue weighted by atomic mass is 35.5. The molecule has 7 nitrogen and oxygen atoms in total. The Balaban J connectivity index is 0.00000121. The molecule has 0 aliphatic carbocycles. The first-order valence-corrected chi connectivity index (χ1v) is 7.99. The highest BCUT2D eigenvalue weighted by Gasteiger charge is 2.21. The number of nitrogens with one attached hydrogen (secondary N) is 2. The van der Waals surface area contributed by atoms with Crippen LogP contribution in [0.4, 0.5) is 0 Å². The lowest BCUT2D eigenvalue weighted by Gasteiger charge is -2.26. The fraction of sp³-hybridized carbons (Fsp3) is 0.294. The van der Waals surface area contributed by atoms with Gasteiger partial charge in [-0.05, 0) is 19.1 Å². The average molecular weight is 395 g/mol. The zero-order valence-corrected chi connectivity index (χ0v) is 15.8. The van der Waals surface area contributed by atoms with E-state index in [1.165, 1.54) is 0 Å². The van der Waals surface area contributed by atoms with E-state index in [2.05, 4.69) is 25.9 Å². The quantitative estimate of drug-likeness (QED) is 0.705. The summed E-state index contributed by atoms with van der Waals surface area (Å²) < 4.78 is 1.68. The molecule has 2 N–H and O–H groups in total. The summed E-state index contributed by atoms with van der Waals surface area (Å²) in [6, 6.07) is 9.77. The van der Waals surface area contributed by atoms with E-state index in [9.17, 15) is 4.79 Å². The molecule has 0 radical (unpaired) electrons. The van der Waals surface area contributed by atoms with E-state index in [0.29, 0.717) is 23.9 Å². The Hall–Kier alpha value is -2.22. The van der Waals surface area contributed by atoms with Crippen molar-refractivity contribution in [1.29, 1.82) is 0 Å². The van der Waals surface area contributed by atoms with Gasteiger partial charge in [0.2, 0.25) is 0 Å². The number of amides is 1. The van der Waals surface area contributed by atoms with Crippen LogP contribution in [0.1, 0.15) is 16.2 Å². The van der Waals surface area contributed by atoms with E-state index in [4.69, 9.17) is 0 Å². The van der Waals surface area contributed by atoms with Crippen LogP contribution in [0.3, 0.4) is 0 Å². The van der Waals surface area contributed by atoms with Gasteiger partial charge >= 0.3 is 0 Å². The molecule has 0 bridgehead atoms. The Morgan fingerprint density at radius 1 is 1.27 bits per heavy atom. The normalized spacial score (nSPS) is 13.4. The van der Waals surface area contributed by atoms with Gasteiger partial charge in [-0.2, -0.15) is 0 Å². The van der Waals surface area contributed by atoms with Crippen molar-refractivity contribution in [3.8, 4) is 5.69 Å². The van der Waals surface area contributed by atoms with Crippen LogP contribution in [-0.2, 0) is 0 Å². The van der Waals surface area contributed by atoms with Crippen molar-refractivity contribution >= 4 is 41.6 Å². The lowest BCUT2D eigenvalue weighted by atomic mass is 10.0. The van der Waals surface area contributed by atoms with Crippen molar-refractivity contribution in [3.63, 3.8) is 0 Å². The Morgan fingerprint density at radius 3 is 2.77 bits per heavy atom. The third-order valence-corrected chi connectivity index (χ3v) is 4.37. The van der Waals surface area contributed by atoms with Gasteiger partial charge in [0.05, 0.1) is 16.9 Å². The molecular formula is C17H20Cl2N6O. The van der Waals surface area contributed by atoms with E-state index in [1.54, 1.807) is 10.9 Å². The number of carbonyl (C=O) groups is 1. The second kappa shape index (κ2) is 8.44. The summed E-state index contributed by atoms with van der Waals surface area (Å²) in [6.07, 6.45) is 1.75. The van der Waals surface area contributed by atoms with Crippen LogP contribution in [0.15, 0.2) is 36.5 Å². The Morgan fingerprint density at radius 2 is 2.04 bits per heavy atom. The predicted molar refractivity (Wildman–Crippen MR) is 105 cm³/mol. The molecule has 1 aliphatic rings. The van der Waals surface area contributed by atoms with Crippen LogP contribution in [0.2, 0.25) is 0 Å². The zero-order chi connectivity index (χ0) is 16.5. The molecule has 2 aromatic heterocycles. The third kappa shape index (κ3) is 3.65. The summed E-state index contributed by atoms with van der Waals surface area (Å²) >= 11 is 0. The number of nitrogens with zero attached hydrogens (tertiary/aromatic N) is 4. The smallest absolute Gasteiger partial charge is 0.273 e. The Bertz CT molecular complexity index is 904. The number of carbonyl (C=O) groups excluding carboxylic acids is 1. The first-order valence-electron chi connectivity index (χ1n) is 7.99. The molecule has 0 unspecified atom stereocenters. The minimum absolute atomic E-state index is 0. The number of rotatable bonds is 4.